The molecule has 0 radical (unpaired) electrons. The number of carbonyl (C=O) groups is 2. The molecule has 5 rings (SSSR count). The summed E-state index contributed by atoms with van der Waals surface area (Å²) in [6.45, 7) is 3.40. The molecule has 3 heterocycles. The van der Waals surface area contributed by atoms with Gasteiger partial charge < -0.3 is 29.2 Å². The lowest BCUT2D eigenvalue weighted by atomic mass is 9.85. The predicted molar refractivity (Wildman–Crippen MR) is 184 cm³/mol. The second-order valence-corrected chi connectivity index (χ2v) is 15.1. The van der Waals surface area contributed by atoms with Crippen molar-refractivity contribution in [2.24, 2.45) is 5.92 Å². The number of esters is 1. The summed E-state index contributed by atoms with van der Waals surface area (Å²) < 4.78 is 36.2. The molecular weight excluding hydrogens is 620 g/mol. The third-order valence-electron chi connectivity index (χ3n) is 8.25. The van der Waals surface area contributed by atoms with Gasteiger partial charge in [0.15, 0.2) is 0 Å². The molecular formula is C34H50N6O6S. The van der Waals surface area contributed by atoms with Crippen molar-refractivity contribution in [2.45, 2.75) is 70.4 Å². The van der Waals surface area contributed by atoms with Crippen LogP contribution in [0.4, 0.5) is 5.95 Å². The molecule has 1 aliphatic heterocycles. The van der Waals surface area contributed by atoms with Crippen molar-refractivity contribution in [2.75, 3.05) is 58.2 Å². The summed E-state index contributed by atoms with van der Waals surface area (Å²) in [6, 6.07) is 9.79. The Hall–Kier alpha value is -3.71. The van der Waals surface area contributed by atoms with Crippen LogP contribution >= 0.6 is 0 Å². The van der Waals surface area contributed by atoms with Crippen LogP contribution in [0.3, 0.4) is 0 Å². The Kier molecular flexibility index (Phi) is 13.0. The van der Waals surface area contributed by atoms with Gasteiger partial charge in [-0.15, -0.1) is 0 Å². The first kappa shape index (κ1) is 36.1. The first-order valence-electron chi connectivity index (χ1n) is 16.5. The molecule has 12 nitrogen and oxygen atoms in total. The molecule has 13 heteroatoms. The van der Waals surface area contributed by atoms with Gasteiger partial charge >= 0.3 is 5.97 Å². The second-order valence-electron chi connectivity index (χ2n) is 12.8. The van der Waals surface area contributed by atoms with Crippen molar-refractivity contribution in [1.82, 2.24) is 24.3 Å². The van der Waals surface area contributed by atoms with E-state index in [-0.39, 0.29) is 35.7 Å². The van der Waals surface area contributed by atoms with Gasteiger partial charge in [0.25, 0.3) is 0 Å². The normalized spacial score (nSPS) is 18.8. The van der Waals surface area contributed by atoms with Crippen molar-refractivity contribution < 1.29 is 27.5 Å². The van der Waals surface area contributed by atoms with E-state index in [4.69, 9.17) is 14.5 Å². The van der Waals surface area contributed by atoms with Gasteiger partial charge in [-0.2, -0.15) is 4.98 Å². The summed E-state index contributed by atoms with van der Waals surface area (Å²) in [6.07, 6.45) is 10.4. The van der Waals surface area contributed by atoms with Gasteiger partial charge in [0, 0.05) is 68.3 Å². The van der Waals surface area contributed by atoms with Crippen molar-refractivity contribution in [3.05, 3.63) is 42.7 Å². The Bertz CT molecular complexity index is 1570. The van der Waals surface area contributed by atoms with E-state index in [2.05, 4.69) is 10.3 Å². The maximum absolute atomic E-state index is 13.2. The van der Waals surface area contributed by atoms with Crippen molar-refractivity contribution in [1.29, 1.82) is 0 Å². The number of nitrogens with one attached hydrogen (secondary N) is 1. The van der Waals surface area contributed by atoms with Crippen LogP contribution in [0.25, 0.3) is 16.7 Å². The number of piperidine rings is 1. The van der Waals surface area contributed by atoms with E-state index in [0.29, 0.717) is 57.1 Å². The number of likely N-dealkylation sites (tertiary alicyclic amines) is 1. The highest BCUT2D eigenvalue weighted by Gasteiger charge is 2.32. The highest BCUT2D eigenvalue weighted by molar-refractivity contribution is 7.90. The minimum atomic E-state index is -3.02. The minimum Gasteiger partial charge on any atom is -0.493 e. The maximum atomic E-state index is 13.2. The van der Waals surface area contributed by atoms with E-state index in [0.717, 1.165) is 42.4 Å². The maximum Gasteiger partial charge on any atom is 0.305 e. The number of aromatic nitrogens is 3. The molecule has 2 aliphatic rings. The third-order valence-corrected chi connectivity index (χ3v) is 9.28. The van der Waals surface area contributed by atoms with E-state index in [1.54, 1.807) is 13.1 Å². The Labute approximate surface area is 278 Å². The number of rotatable bonds is 11. The van der Waals surface area contributed by atoms with Crippen molar-refractivity contribution in [3.8, 4) is 11.6 Å². The molecule has 1 N–H and O–H groups in total. The van der Waals surface area contributed by atoms with Crippen LogP contribution in [0.1, 0.15) is 58.3 Å². The van der Waals surface area contributed by atoms with Gasteiger partial charge in [-0.05, 0) is 77.5 Å². The fourth-order valence-electron chi connectivity index (χ4n) is 5.91. The molecule has 3 aromatic rings. The fourth-order valence-corrected chi connectivity index (χ4v) is 6.55. The molecule has 2 aromatic heterocycles. The quantitative estimate of drug-likeness (QED) is 0.232. The van der Waals surface area contributed by atoms with Gasteiger partial charge in [0.1, 0.15) is 27.5 Å². The number of hydrogen-bond acceptors (Lipinski definition) is 10. The average molecular weight is 671 g/mol. The topological polar surface area (TPSA) is 136 Å². The zero-order valence-electron chi connectivity index (χ0n) is 28.4. The van der Waals surface area contributed by atoms with Gasteiger partial charge in [0.05, 0.1) is 17.9 Å². The zero-order valence-corrected chi connectivity index (χ0v) is 29.2. The van der Waals surface area contributed by atoms with E-state index in [9.17, 15) is 18.0 Å². The van der Waals surface area contributed by atoms with Gasteiger partial charge in [-0.3, -0.25) is 9.59 Å². The van der Waals surface area contributed by atoms with Crippen LogP contribution in [0.5, 0.6) is 5.75 Å². The lowest BCUT2D eigenvalue weighted by molar-refractivity contribution is -0.152. The smallest absolute Gasteiger partial charge is 0.305 e. The van der Waals surface area contributed by atoms with Crippen LogP contribution in [-0.4, -0.2) is 110 Å². The Morgan fingerprint density at radius 2 is 1.72 bits per heavy atom. The zero-order chi connectivity index (χ0) is 34.0. The molecule has 47 heavy (non-hydrogen) atoms. The van der Waals surface area contributed by atoms with Gasteiger partial charge in [0.2, 0.25) is 11.9 Å². The second kappa shape index (κ2) is 16.9. The minimum absolute atomic E-state index is 0.0223. The molecule has 0 bridgehead atoms. The summed E-state index contributed by atoms with van der Waals surface area (Å²) in [5, 5.41) is 4.40. The summed E-state index contributed by atoms with van der Waals surface area (Å²) in [7, 11) is 2.98. The van der Waals surface area contributed by atoms with E-state index < -0.39 is 9.84 Å². The van der Waals surface area contributed by atoms with E-state index in [1.165, 1.54) is 6.26 Å². The number of fused-ring (bicyclic) bond motifs is 1. The third kappa shape index (κ3) is 10.9. The van der Waals surface area contributed by atoms with Crippen LogP contribution in [0.15, 0.2) is 42.7 Å². The SMILES string of the molecule is CCC(=O)OC1CCN(C(=O)C2CCC(Nc3nccc(-n4ccc5c(OCCCS(C)(=O)=O)cccc54)n3)CC2)CC1.CN(C)C. The number of benzene rings is 1. The monoisotopic (exact) mass is 670 g/mol. The molecule has 1 amide bonds. The molecule has 2 fully saturated rings. The van der Waals surface area contributed by atoms with Crippen LogP contribution in [0.2, 0.25) is 0 Å². The average Bonchev–Trinajstić information content (AvgIpc) is 3.48. The molecule has 258 valence electrons. The molecule has 1 saturated heterocycles. The number of carbonyl (C=O) groups excluding carboxylic acids is 2. The van der Waals surface area contributed by atoms with Crippen molar-refractivity contribution in [3.63, 3.8) is 0 Å². The number of amides is 1. The lowest BCUT2D eigenvalue weighted by Gasteiger charge is -2.36. The molecule has 0 unspecified atom stereocenters. The molecule has 0 atom stereocenters. The first-order valence-corrected chi connectivity index (χ1v) is 18.6. The summed E-state index contributed by atoms with van der Waals surface area (Å²) in [5.41, 5.74) is 0.928. The number of hydrogen-bond donors (Lipinski definition) is 1. The predicted octanol–water partition coefficient (Wildman–Crippen LogP) is 4.33. The first-order chi connectivity index (χ1) is 22.4. The van der Waals surface area contributed by atoms with Gasteiger partial charge in [-0.25, -0.2) is 13.4 Å². The molecule has 0 spiro atoms. The molecule has 1 aromatic carbocycles. The molecule has 1 aliphatic carbocycles. The Morgan fingerprint density at radius 1 is 1.02 bits per heavy atom. The van der Waals surface area contributed by atoms with E-state index >= 15 is 0 Å². The lowest BCUT2D eigenvalue weighted by Crippen LogP contribution is -2.45. The number of anilines is 1. The fraction of sp³-hybridized carbons (Fsp3) is 0.588. The summed E-state index contributed by atoms with van der Waals surface area (Å²) in [4.78, 5) is 37.9. The highest BCUT2D eigenvalue weighted by atomic mass is 32.2. The van der Waals surface area contributed by atoms with Crippen molar-refractivity contribution >= 4 is 38.6 Å². The summed E-state index contributed by atoms with van der Waals surface area (Å²) in [5.74, 6) is 2.13. The molecule has 1 saturated carbocycles. The Balaban J connectivity index is 0.00000118. The number of nitrogens with zero attached hydrogens (tertiary/aromatic N) is 5. The van der Waals surface area contributed by atoms with E-state index in [1.807, 2.05) is 72.0 Å². The number of ether oxygens (including phenoxy) is 2. The highest BCUT2D eigenvalue weighted by Crippen LogP contribution is 2.31. The van der Waals surface area contributed by atoms with Crippen LogP contribution in [0, 0.1) is 5.92 Å². The van der Waals surface area contributed by atoms with Gasteiger partial charge in [-0.1, -0.05) is 13.0 Å². The number of sulfone groups is 1. The van der Waals surface area contributed by atoms with Crippen LogP contribution in [-0.2, 0) is 24.2 Å². The largest absolute Gasteiger partial charge is 0.493 e. The Morgan fingerprint density at radius 3 is 2.38 bits per heavy atom. The standard InChI is InChI=1S/C31H41N5O6S.C3H9N/c1-3-29(37)42-24-13-17-35(18-14-24)30(38)22-8-10-23(11-9-22)33-31-32-16-12-28(34-31)36-19-15-25-26(36)6-4-7-27(25)41-20-5-21-43(2,39)40;1-4(2)3/h4,6-7,12,15-16,19,22-24H,3,5,8-11,13-14,17-18,20-21H2,1-2H3,(H,32,33,34);1-3H3. The van der Waals surface area contributed by atoms with Crippen LogP contribution < -0.4 is 10.1 Å². The summed E-state index contributed by atoms with van der Waals surface area (Å²) >= 11 is 0.